The van der Waals surface area contributed by atoms with Gasteiger partial charge in [0.2, 0.25) is 0 Å². The van der Waals surface area contributed by atoms with Gasteiger partial charge in [-0.2, -0.15) is 9.97 Å². The lowest BCUT2D eigenvalue weighted by atomic mass is 9.89. The van der Waals surface area contributed by atoms with Gasteiger partial charge in [-0.05, 0) is 61.9 Å². The van der Waals surface area contributed by atoms with Crippen LogP contribution in [0.1, 0.15) is 43.7 Å². The smallest absolute Gasteiger partial charge is 0.319 e. The molecule has 0 saturated carbocycles. The average molecular weight is 645 g/mol. The summed E-state index contributed by atoms with van der Waals surface area (Å²) in [6.45, 7) is 4.30. The lowest BCUT2D eigenvalue weighted by molar-refractivity contribution is 0.107. The van der Waals surface area contributed by atoms with Crippen LogP contribution in [0.5, 0.6) is 11.8 Å². The van der Waals surface area contributed by atoms with Gasteiger partial charge in [0.05, 0.1) is 34.7 Å². The summed E-state index contributed by atoms with van der Waals surface area (Å²) in [6, 6.07) is 4.64. The maximum atomic E-state index is 17.1. The van der Waals surface area contributed by atoms with Crippen LogP contribution in [0.2, 0.25) is 0 Å². The molecule has 0 amide bonds. The number of phenolic OH excluding ortho intramolecular Hbond substituents is 1. The first-order chi connectivity index (χ1) is 22.7. The summed E-state index contributed by atoms with van der Waals surface area (Å²) in [5, 5.41) is 11.2. The van der Waals surface area contributed by atoms with Crippen LogP contribution >= 0.6 is 0 Å². The Kier molecular flexibility index (Phi) is 7.08. The second-order valence-corrected chi connectivity index (χ2v) is 13.0. The van der Waals surface area contributed by atoms with E-state index in [1.807, 2.05) is 11.0 Å². The Bertz CT molecular complexity index is 2050. The number of alkyl halides is 1. The molecule has 4 aliphatic heterocycles. The molecule has 0 spiro atoms. The summed E-state index contributed by atoms with van der Waals surface area (Å²) in [6.07, 6.45) is 9.27. The zero-order valence-electron chi connectivity index (χ0n) is 25.8. The minimum absolute atomic E-state index is 0.0813. The fourth-order valence-corrected chi connectivity index (χ4v) is 8.13. The number of nitrogens with zero attached hydrogens (tertiary/aromatic N) is 4. The van der Waals surface area contributed by atoms with E-state index in [0.717, 1.165) is 25.5 Å². The van der Waals surface area contributed by atoms with Gasteiger partial charge in [-0.15, -0.1) is 6.42 Å². The van der Waals surface area contributed by atoms with E-state index in [9.17, 15) is 13.9 Å². The zero-order valence-corrected chi connectivity index (χ0v) is 25.8. The highest BCUT2D eigenvalue weighted by atomic mass is 19.1. The number of phenols is 1. The van der Waals surface area contributed by atoms with Gasteiger partial charge in [0.25, 0.3) is 0 Å². The van der Waals surface area contributed by atoms with Gasteiger partial charge in [-0.1, -0.05) is 18.1 Å². The van der Waals surface area contributed by atoms with E-state index < -0.39 is 34.7 Å². The molecule has 1 aromatic heterocycles. The largest absolute Gasteiger partial charge is 0.508 e. The molecule has 3 fully saturated rings. The summed E-state index contributed by atoms with van der Waals surface area (Å²) in [4.78, 5) is 13.4. The van der Waals surface area contributed by atoms with Crippen LogP contribution in [0.3, 0.4) is 0 Å². The fraction of sp³-hybridized carbons (Fsp3) is 0.389. The van der Waals surface area contributed by atoms with Crippen molar-refractivity contribution in [3.63, 3.8) is 0 Å². The second-order valence-electron chi connectivity index (χ2n) is 13.0. The number of fused-ring (bicyclic) bond motifs is 4. The predicted molar refractivity (Wildman–Crippen MR) is 171 cm³/mol. The molecule has 11 heteroatoms. The zero-order chi connectivity index (χ0) is 32.6. The molecule has 3 aromatic carbocycles. The third-order valence-corrected chi connectivity index (χ3v) is 10.2. The molecule has 1 N–H and O–H groups in total. The van der Waals surface area contributed by atoms with Gasteiger partial charge in [0, 0.05) is 42.6 Å². The summed E-state index contributed by atoms with van der Waals surface area (Å²) < 4.78 is 75.9. The van der Waals surface area contributed by atoms with Crippen molar-refractivity contribution in [1.82, 2.24) is 14.9 Å². The maximum Gasteiger partial charge on any atom is 0.319 e. The molecule has 3 atom stereocenters. The molecule has 0 aliphatic carbocycles. The van der Waals surface area contributed by atoms with Crippen LogP contribution in [0, 0.1) is 29.8 Å². The molecule has 8 rings (SSSR count). The monoisotopic (exact) mass is 644 g/mol. The van der Waals surface area contributed by atoms with Crippen molar-refractivity contribution in [2.75, 3.05) is 44.4 Å². The second kappa shape index (κ2) is 11.1. The topological polar surface area (TPSA) is 71.0 Å². The van der Waals surface area contributed by atoms with Crippen LogP contribution in [-0.2, 0) is 4.74 Å². The third-order valence-electron chi connectivity index (χ3n) is 10.2. The van der Waals surface area contributed by atoms with Gasteiger partial charge in [-0.3, -0.25) is 4.90 Å². The third kappa shape index (κ3) is 4.64. The van der Waals surface area contributed by atoms with Crippen LogP contribution in [0.4, 0.5) is 23.4 Å². The Morgan fingerprint density at radius 3 is 2.79 bits per heavy atom. The van der Waals surface area contributed by atoms with E-state index in [1.54, 1.807) is 6.92 Å². The first-order valence-corrected chi connectivity index (χ1v) is 15.9. The van der Waals surface area contributed by atoms with Crippen molar-refractivity contribution >= 4 is 33.1 Å². The van der Waals surface area contributed by atoms with Crippen LogP contribution in [-0.4, -0.2) is 77.2 Å². The van der Waals surface area contributed by atoms with Crippen molar-refractivity contribution in [2.45, 2.75) is 50.4 Å². The van der Waals surface area contributed by atoms with Crippen molar-refractivity contribution in [3.8, 4) is 35.2 Å². The average Bonchev–Trinajstić information content (AvgIpc) is 3.41. The number of terminal acetylenes is 1. The van der Waals surface area contributed by atoms with Gasteiger partial charge >= 0.3 is 6.01 Å². The Labute approximate surface area is 268 Å². The van der Waals surface area contributed by atoms with Crippen molar-refractivity contribution in [3.05, 3.63) is 58.9 Å². The first-order valence-electron chi connectivity index (χ1n) is 15.9. The minimum atomic E-state index is -1.03. The quantitative estimate of drug-likeness (QED) is 0.200. The van der Waals surface area contributed by atoms with Gasteiger partial charge < -0.3 is 19.5 Å². The van der Waals surface area contributed by atoms with Crippen LogP contribution < -0.4 is 9.64 Å². The van der Waals surface area contributed by atoms with Gasteiger partial charge in [-0.25, -0.2) is 17.6 Å². The fourth-order valence-electron chi connectivity index (χ4n) is 8.13. The SMILES string of the molecule is C#Cc1c(F)ccc2cc(O)cc(-c3c(F)c4c5c(nc(OC[C@@]67CCCN6C[C@H](F)C7)nc5c3F)N3CCCOC[C@@H]3C=C4C)c12. The van der Waals surface area contributed by atoms with E-state index in [4.69, 9.17) is 20.9 Å². The Balaban J connectivity index is 1.40. The Morgan fingerprint density at radius 2 is 1.96 bits per heavy atom. The number of halogens is 4. The van der Waals surface area contributed by atoms with E-state index in [2.05, 4.69) is 15.8 Å². The predicted octanol–water partition coefficient (Wildman–Crippen LogP) is 6.52. The molecular weight excluding hydrogens is 612 g/mol. The number of ether oxygens (including phenoxy) is 2. The van der Waals surface area contributed by atoms with Crippen molar-refractivity contribution in [1.29, 1.82) is 0 Å². The molecule has 0 unspecified atom stereocenters. The molecule has 5 heterocycles. The van der Waals surface area contributed by atoms with E-state index in [0.29, 0.717) is 55.9 Å². The maximum absolute atomic E-state index is 17.1. The highest BCUT2D eigenvalue weighted by Gasteiger charge is 2.49. The number of hydrogen-bond donors (Lipinski definition) is 1. The number of anilines is 1. The number of rotatable bonds is 4. The van der Waals surface area contributed by atoms with E-state index >= 15 is 8.78 Å². The number of allylic oxidation sites excluding steroid dienone is 1. The highest BCUT2D eigenvalue weighted by Crippen LogP contribution is 2.47. The van der Waals surface area contributed by atoms with Gasteiger partial charge in [0.15, 0.2) is 5.82 Å². The number of aromatic nitrogens is 2. The summed E-state index contributed by atoms with van der Waals surface area (Å²) >= 11 is 0. The molecule has 47 heavy (non-hydrogen) atoms. The highest BCUT2D eigenvalue weighted by molar-refractivity contribution is 6.08. The number of benzene rings is 3. The summed E-state index contributed by atoms with van der Waals surface area (Å²) in [7, 11) is 0. The first kappa shape index (κ1) is 30.0. The molecule has 4 aliphatic rings. The minimum Gasteiger partial charge on any atom is -0.508 e. The Hall–Kier alpha value is -4.40. The van der Waals surface area contributed by atoms with Crippen molar-refractivity contribution in [2.24, 2.45) is 0 Å². The lowest BCUT2D eigenvalue weighted by Gasteiger charge is -2.31. The molecule has 4 aromatic rings. The van der Waals surface area contributed by atoms with Crippen LogP contribution in [0.25, 0.3) is 38.4 Å². The Morgan fingerprint density at radius 1 is 1.11 bits per heavy atom. The van der Waals surface area contributed by atoms with Crippen LogP contribution in [0.15, 0.2) is 30.3 Å². The molecular formula is C36H32F4N4O3. The number of hydrogen-bond acceptors (Lipinski definition) is 7. The lowest BCUT2D eigenvalue weighted by Crippen LogP contribution is -2.43. The molecule has 0 radical (unpaired) electrons. The molecule has 7 nitrogen and oxygen atoms in total. The molecule has 242 valence electrons. The van der Waals surface area contributed by atoms with Crippen molar-refractivity contribution < 1.29 is 32.1 Å². The standard InChI is InChI=1S/C36H32F4N4O3/c1-3-24-26(38)7-6-20-13-23(45)14-25(28(20)24)29-31(39)27-19(2)12-22-17-46-11-5-10-44(22)34-30(27)33(32(29)40)41-35(42-34)47-18-36-8-4-9-43(36)16-21(37)15-36/h1,6-7,12-14,21-22,45H,4-5,8-11,15-18H2,2H3/t21-,22+,36+/m1/s1. The summed E-state index contributed by atoms with van der Waals surface area (Å²) in [5.74, 6) is -0.342. The normalized spacial score (nSPS) is 24.1. The van der Waals surface area contributed by atoms with E-state index in [1.165, 1.54) is 18.2 Å². The summed E-state index contributed by atoms with van der Waals surface area (Å²) in [5.41, 5.74) is -0.911. The molecule has 3 saturated heterocycles. The van der Waals surface area contributed by atoms with E-state index in [-0.39, 0.29) is 57.4 Å². The number of aromatic hydroxyl groups is 1. The van der Waals surface area contributed by atoms with Gasteiger partial charge in [0.1, 0.15) is 41.5 Å². The molecule has 0 bridgehead atoms.